The van der Waals surface area contributed by atoms with Crippen molar-refractivity contribution in [1.29, 1.82) is 0 Å². The van der Waals surface area contributed by atoms with Crippen LogP contribution in [0.3, 0.4) is 0 Å². The summed E-state index contributed by atoms with van der Waals surface area (Å²) in [6.45, 7) is 5.65. The highest BCUT2D eigenvalue weighted by atomic mass is 32.2. The molecular weight excluding hydrogens is 361 g/mol. The lowest BCUT2D eigenvalue weighted by Gasteiger charge is -2.26. The Hall–Kier alpha value is -2.66. The number of halogens is 1. The summed E-state index contributed by atoms with van der Waals surface area (Å²) in [7, 11) is -3.85. The molecule has 0 aliphatic carbocycles. The molecule has 0 unspecified atom stereocenters. The van der Waals surface area contributed by atoms with Crippen molar-refractivity contribution in [3.63, 3.8) is 0 Å². The van der Waals surface area contributed by atoms with Crippen molar-refractivity contribution in [2.24, 2.45) is 0 Å². The normalized spacial score (nSPS) is 11.4. The van der Waals surface area contributed by atoms with Crippen LogP contribution in [0.1, 0.15) is 22.3 Å². The number of nitrogens with zero attached hydrogens (tertiary/aromatic N) is 1. The number of sulfonamides is 1. The molecule has 0 aliphatic heterocycles. The molecule has 0 saturated carbocycles. The van der Waals surface area contributed by atoms with Gasteiger partial charge in [-0.1, -0.05) is 42.0 Å². The lowest BCUT2D eigenvalue weighted by atomic mass is 10.1. The van der Waals surface area contributed by atoms with Crippen LogP contribution in [0.5, 0.6) is 0 Å². The first kappa shape index (κ1) is 19.1. The Bertz CT molecular complexity index is 1040. The number of benzene rings is 3. The third-order valence-electron chi connectivity index (χ3n) is 4.38. The van der Waals surface area contributed by atoms with Crippen molar-refractivity contribution in [3.8, 4) is 0 Å². The smallest absolute Gasteiger partial charge is 0.262 e. The van der Waals surface area contributed by atoms with E-state index in [9.17, 15) is 12.8 Å². The summed E-state index contributed by atoms with van der Waals surface area (Å²) in [5, 5.41) is 0. The van der Waals surface area contributed by atoms with Crippen molar-refractivity contribution < 1.29 is 12.8 Å². The molecule has 3 rings (SSSR count). The molecule has 0 fully saturated rings. The van der Waals surface area contributed by atoms with E-state index in [1.54, 1.807) is 54.6 Å². The van der Waals surface area contributed by atoms with Gasteiger partial charge in [0.1, 0.15) is 5.82 Å². The van der Waals surface area contributed by atoms with Gasteiger partial charge in [0.15, 0.2) is 0 Å². The Kier molecular flexibility index (Phi) is 5.33. The van der Waals surface area contributed by atoms with Gasteiger partial charge in [0.2, 0.25) is 0 Å². The molecule has 0 N–H and O–H groups in total. The van der Waals surface area contributed by atoms with Crippen LogP contribution in [0.15, 0.2) is 71.6 Å². The van der Waals surface area contributed by atoms with E-state index >= 15 is 0 Å². The maximum absolute atomic E-state index is 14.2. The van der Waals surface area contributed by atoms with Gasteiger partial charge in [0.05, 0.1) is 17.1 Å². The lowest BCUT2D eigenvalue weighted by Crippen LogP contribution is -2.31. The summed E-state index contributed by atoms with van der Waals surface area (Å²) >= 11 is 0. The molecule has 3 aromatic carbocycles. The second kappa shape index (κ2) is 7.53. The highest BCUT2D eigenvalue weighted by Crippen LogP contribution is 2.28. The maximum atomic E-state index is 14.2. The van der Waals surface area contributed by atoms with Crippen LogP contribution in [0.4, 0.5) is 10.1 Å². The van der Waals surface area contributed by atoms with E-state index < -0.39 is 15.8 Å². The van der Waals surface area contributed by atoms with E-state index in [1.165, 1.54) is 10.4 Å². The third kappa shape index (κ3) is 4.19. The fourth-order valence-electron chi connectivity index (χ4n) is 3.03. The molecule has 3 aromatic rings. The van der Waals surface area contributed by atoms with E-state index in [-0.39, 0.29) is 11.4 Å². The van der Waals surface area contributed by atoms with Crippen LogP contribution in [0.2, 0.25) is 0 Å². The predicted octanol–water partition coefficient (Wildman–Crippen LogP) is 5.15. The van der Waals surface area contributed by atoms with Crippen molar-refractivity contribution >= 4 is 15.7 Å². The van der Waals surface area contributed by atoms with Gasteiger partial charge < -0.3 is 0 Å². The molecule has 0 aromatic heterocycles. The number of aryl methyl sites for hydroxylation is 3. The van der Waals surface area contributed by atoms with E-state index in [2.05, 4.69) is 0 Å². The highest BCUT2D eigenvalue weighted by molar-refractivity contribution is 7.92. The lowest BCUT2D eigenvalue weighted by molar-refractivity contribution is 0.585. The molecule has 0 atom stereocenters. The van der Waals surface area contributed by atoms with Crippen molar-refractivity contribution in [2.75, 3.05) is 4.31 Å². The molecule has 3 nitrogen and oxygen atoms in total. The quantitative estimate of drug-likeness (QED) is 0.611. The van der Waals surface area contributed by atoms with E-state index in [1.807, 2.05) is 26.8 Å². The monoisotopic (exact) mass is 383 g/mol. The summed E-state index contributed by atoms with van der Waals surface area (Å²) in [5.41, 5.74) is 3.72. The summed E-state index contributed by atoms with van der Waals surface area (Å²) in [4.78, 5) is 0.184. The SMILES string of the molecule is Cc1ccc(S(=O)(=O)N(Cc2ccccc2F)c2cc(C)cc(C)c2)cc1. The van der Waals surface area contributed by atoms with Crippen molar-refractivity contribution in [3.05, 3.63) is 94.8 Å². The van der Waals surface area contributed by atoms with Crippen molar-refractivity contribution in [1.82, 2.24) is 0 Å². The van der Waals surface area contributed by atoms with Crippen LogP contribution >= 0.6 is 0 Å². The van der Waals surface area contributed by atoms with Crippen LogP contribution in [0.25, 0.3) is 0 Å². The minimum absolute atomic E-state index is 0.0776. The number of hydrogen-bond donors (Lipinski definition) is 0. The second-order valence-corrected chi connectivity index (χ2v) is 8.62. The summed E-state index contributed by atoms with van der Waals surface area (Å²) in [6, 6.07) is 18.5. The van der Waals surface area contributed by atoms with Gasteiger partial charge in [-0.3, -0.25) is 4.31 Å². The topological polar surface area (TPSA) is 37.4 Å². The fourth-order valence-corrected chi connectivity index (χ4v) is 4.45. The van der Waals surface area contributed by atoms with E-state index in [0.29, 0.717) is 11.3 Å². The summed E-state index contributed by atoms with van der Waals surface area (Å²) in [6.07, 6.45) is 0. The van der Waals surface area contributed by atoms with Gasteiger partial charge in [-0.25, -0.2) is 12.8 Å². The Labute approximate surface area is 160 Å². The zero-order chi connectivity index (χ0) is 19.6. The Morgan fingerprint density at radius 3 is 2.00 bits per heavy atom. The Morgan fingerprint density at radius 2 is 1.41 bits per heavy atom. The van der Waals surface area contributed by atoms with Gasteiger partial charge in [-0.2, -0.15) is 0 Å². The Balaban J connectivity index is 2.14. The standard InChI is InChI=1S/C22H22FNO2S/c1-16-8-10-21(11-9-16)27(25,26)24(15-19-6-4-5-7-22(19)23)20-13-17(2)12-18(3)14-20/h4-14H,15H2,1-3H3. The maximum Gasteiger partial charge on any atom is 0.264 e. The predicted molar refractivity (Wildman–Crippen MR) is 107 cm³/mol. The third-order valence-corrected chi connectivity index (χ3v) is 6.16. The van der Waals surface area contributed by atoms with Crippen LogP contribution in [-0.2, 0) is 16.6 Å². The Morgan fingerprint density at radius 1 is 0.815 bits per heavy atom. The molecule has 0 heterocycles. The molecule has 0 radical (unpaired) electrons. The first-order valence-corrected chi connectivity index (χ1v) is 10.1. The molecule has 0 spiro atoms. The van der Waals surface area contributed by atoms with Gasteiger partial charge in [-0.05, 0) is 62.2 Å². The zero-order valence-corrected chi connectivity index (χ0v) is 16.4. The number of anilines is 1. The number of hydrogen-bond acceptors (Lipinski definition) is 2. The first-order valence-electron chi connectivity index (χ1n) is 8.68. The fraction of sp³-hybridized carbons (Fsp3) is 0.182. The second-order valence-electron chi connectivity index (χ2n) is 6.76. The average molecular weight is 383 g/mol. The largest absolute Gasteiger partial charge is 0.264 e. The highest BCUT2D eigenvalue weighted by Gasteiger charge is 2.26. The van der Waals surface area contributed by atoms with Gasteiger partial charge in [0.25, 0.3) is 10.0 Å². The minimum Gasteiger partial charge on any atom is -0.262 e. The average Bonchev–Trinajstić information content (AvgIpc) is 2.60. The minimum atomic E-state index is -3.85. The van der Waals surface area contributed by atoms with Crippen LogP contribution in [-0.4, -0.2) is 8.42 Å². The van der Waals surface area contributed by atoms with E-state index in [4.69, 9.17) is 0 Å². The molecule has 0 aliphatic rings. The summed E-state index contributed by atoms with van der Waals surface area (Å²) in [5.74, 6) is -0.425. The summed E-state index contributed by atoms with van der Waals surface area (Å²) < 4.78 is 42.3. The molecule has 0 amide bonds. The zero-order valence-electron chi connectivity index (χ0n) is 15.6. The van der Waals surface area contributed by atoms with Crippen LogP contribution in [0, 0.1) is 26.6 Å². The molecule has 27 heavy (non-hydrogen) atoms. The first-order chi connectivity index (χ1) is 12.8. The molecule has 140 valence electrons. The molecule has 5 heteroatoms. The molecule has 0 saturated heterocycles. The van der Waals surface area contributed by atoms with Gasteiger partial charge in [-0.15, -0.1) is 0 Å². The molecule has 0 bridgehead atoms. The van der Waals surface area contributed by atoms with Crippen molar-refractivity contribution in [2.45, 2.75) is 32.2 Å². The van der Waals surface area contributed by atoms with Gasteiger partial charge in [0, 0.05) is 5.56 Å². The number of rotatable bonds is 5. The van der Waals surface area contributed by atoms with Gasteiger partial charge >= 0.3 is 0 Å². The van der Waals surface area contributed by atoms with Crippen LogP contribution < -0.4 is 4.31 Å². The molecular formula is C22H22FNO2S. The van der Waals surface area contributed by atoms with E-state index in [0.717, 1.165) is 16.7 Å².